The highest BCUT2D eigenvalue weighted by Gasteiger charge is 2.28. The highest BCUT2D eigenvalue weighted by Crippen LogP contribution is 2.32. The van der Waals surface area contributed by atoms with E-state index in [4.69, 9.17) is 0 Å². The number of halogens is 2. The Morgan fingerprint density at radius 3 is 2.58 bits per heavy atom. The van der Waals surface area contributed by atoms with Gasteiger partial charge in [0.1, 0.15) is 11.6 Å². The third kappa shape index (κ3) is 3.28. The van der Waals surface area contributed by atoms with Gasteiger partial charge in [0.05, 0.1) is 12.0 Å². The van der Waals surface area contributed by atoms with Gasteiger partial charge in [0.25, 0.3) is 5.56 Å². The molecule has 1 fully saturated rings. The molecule has 0 saturated heterocycles. The zero-order valence-corrected chi connectivity index (χ0v) is 15.4. The maximum Gasteiger partial charge on any atom is 0.337 e. The molecule has 1 aromatic heterocycles. The van der Waals surface area contributed by atoms with E-state index in [-0.39, 0.29) is 17.5 Å². The molecule has 0 N–H and O–H groups in total. The Bertz CT molecular complexity index is 929. The summed E-state index contributed by atoms with van der Waals surface area (Å²) < 4.78 is 17.5. The van der Waals surface area contributed by atoms with Crippen LogP contribution in [0.25, 0.3) is 5.69 Å². The molecule has 1 aromatic carbocycles. The quantitative estimate of drug-likeness (QED) is 0.415. The summed E-state index contributed by atoms with van der Waals surface area (Å²) in [6.07, 6.45) is 3.03. The van der Waals surface area contributed by atoms with Gasteiger partial charge in [-0.1, -0.05) is 0 Å². The van der Waals surface area contributed by atoms with E-state index >= 15 is 0 Å². The van der Waals surface area contributed by atoms with Gasteiger partial charge in [-0.05, 0) is 53.6 Å². The molecule has 1 heterocycles. The molecule has 1 aliphatic carbocycles. The lowest BCUT2D eigenvalue weighted by Crippen LogP contribution is -2.38. The van der Waals surface area contributed by atoms with Gasteiger partial charge in [-0.25, -0.2) is 18.7 Å². The van der Waals surface area contributed by atoms with Crippen molar-refractivity contribution in [3.63, 3.8) is 0 Å². The first-order valence-corrected chi connectivity index (χ1v) is 8.51. The smallest absolute Gasteiger partial charge is 0.337 e. The molecule has 1 aliphatic rings. The first-order valence-electron chi connectivity index (χ1n) is 7.43. The Hall–Kier alpha value is -1.97. The second-order valence-corrected chi connectivity index (χ2v) is 7.11. The van der Waals surface area contributed by atoms with E-state index in [0.717, 1.165) is 21.0 Å². The fourth-order valence-corrected chi connectivity index (χ4v) is 2.83. The minimum absolute atomic E-state index is 0.0840. The Labute approximate surface area is 151 Å². The summed E-state index contributed by atoms with van der Waals surface area (Å²) >= 11 is 2.00. The third-order valence-electron chi connectivity index (χ3n) is 3.60. The summed E-state index contributed by atoms with van der Waals surface area (Å²) in [6.45, 7) is 0. The number of nitrogens with zero attached hydrogens (tertiary/aromatic N) is 4. The van der Waals surface area contributed by atoms with Crippen LogP contribution in [0.2, 0.25) is 0 Å². The molecule has 0 amide bonds. The summed E-state index contributed by atoms with van der Waals surface area (Å²) in [7, 11) is 3.53. The van der Waals surface area contributed by atoms with Crippen molar-refractivity contribution in [2.24, 2.45) is 4.99 Å². The molecule has 3 rings (SSSR count). The number of aliphatic imine (C=N–C) groups is 1. The molecular formula is C16H16FIN4O2. The molecular weight excluding hydrogens is 426 g/mol. The Morgan fingerprint density at radius 1 is 1.29 bits per heavy atom. The first kappa shape index (κ1) is 16.9. The fraction of sp³-hybridized carbons (Fsp3) is 0.312. The van der Waals surface area contributed by atoms with E-state index in [1.165, 1.54) is 29.1 Å². The van der Waals surface area contributed by atoms with Crippen molar-refractivity contribution in [2.75, 3.05) is 14.1 Å². The maximum atomic E-state index is 14.4. The minimum atomic E-state index is -0.559. The standard InChI is InChI=1S/C16H16FIN4O2/c1-20(2)9-19-14-8-15(23)21(11-4-5-11)16(24)22(14)13-6-3-10(18)7-12(13)17/h3,6-9,11H,4-5H2,1-2H3/b19-9-. The average Bonchev–Trinajstić information content (AvgIpc) is 3.31. The predicted molar refractivity (Wildman–Crippen MR) is 99.1 cm³/mol. The van der Waals surface area contributed by atoms with Crippen LogP contribution in [0.15, 0.2) is 38.8 Å². The lowest BCUT2D eigenvalue weighted by Gasteiger charge is -2.14. The van der Waals surface area contributed by atoms with Crippen LogP contribution < -0.4 is 11.2 Å². The molecule has 0 bridgehead atoms. The number of hydrogen-bond donors (Lipinski definition) is 0. The summed E-state index contributed by atoms with van der Waals surface area (Å²) in [5, 5.41) is 0. The molecule has 2 aromatic rings. The number of benzene rings is 1. The number of aromatic nitrogens is 2. The van der Waals surface area contributed by atoms with Crippen molar-refractivity contribution < 1.29 is 4.39 Å². The molecule has 1 saturated carbocycles. The molecule has 6 nitrogen and oxygen atoms in total. The van der Waals surface area contributed by atoms with Gasteiger partial charge < -0.3 is 4.90 Å². The monoisotopic (exact) mass is 442 g/mol. The van der Waals surface area contributed by atoms with Crippen molar-refractivity contribution >= 4 is 34.7 Å². The highest BCUT2D eigenvalue weighted by atomic mass is 127. The van der Waals surface area contributed by atoms with Crippen LogP contribution in [-0.2, 0) is 0 Å². The van der Waals surface area contributed by atoms with E-state index < -0.39 is 17.1 Å². The van der Waals surface area contributed by atoms with Crippen LogP contribution in [0.5, 0.6) is 0 Å². The summed E-state index contributed by atoms with van der Waals surface area (Å²) in [4.78, 5) is 31.0. The van der Waals surface area contributed by atoms with E-state index in [9.17, 15) is 14.0 Å². The Balaban J connectivity index is 2.30. The topological polar surface area (TPSA) is 59.6 Å². The van der Waals surface area contributed by atoms with Gasteiger partial charge in [0.2, 0.25) is 0 Å². The summed E-state index contributed by atoms with van der Waals surface area (Å²) in [5.74, 6) is -0.429. The first-order chi connectivity index (χ1) is 11.4. The highest BCUT2D eigenvalue weighted by molar-refractivity contribution is 14.1. The summed E-state index contributed by atoms with van der Waals surface area (Å²) in [5.41, 5.74) is -0.882. The van der Waals surface area contributed by atoms with Crippen LogP contribution >= 0.6 is 22.6 Å². The SMILES string of the molecule is CN(C)/C=N\c1cc(=O)n(C2CC2)c(=O)n1-c1ccc(I)cc1F. The molecule has 0 spiro atoms. The zero-order valence-electron chi connectivity index (χ0n) is 13.2. The molecule has 0 radical (unpaired) electrons. The van der Waals surface area contributed by atoms with Crippen LogP contribution in [0, 0.1) is 9.39 Å². The lowest BCUT2D eigenvalue weighted by molar-refractivity contribution is 0.593. The molecule has 24 heavy (non-hydrogen) atoms. The minimum Gasteiger partial charge on any atom is -0.369 e. The van der Waals surface area contributed by atoms with Crippen LogP contribution in [0.3, 0.4) is 0 Å². The van der Waals surface area contributed by atoms with Crippen molar-refractivity contribution in [1.29, 1.82) is 0 Å². The van der Waals surface area contributed by atoms with Crippen LogP contribution in [-0.4, -0.2) is 34.5 Å². The van der Waals surface area contributed by atoms with Gasteiger partial charge >= 0.3 is 5.69 Å². The zero-order chi connectivity index (χ0) is 17.4. The fourth-order valence-electron chi connectivity index (χ4n) is 2.37. The molecule has 0 atom stereocenters. The van der Waals surface area contributed by atoms with E-state index in [1.54, 1.807) is 25.1 Å². The number of rotatable bonds is 4. The van der Waals surface area contributed by atoms with E-state index in [2.05, 4.69) is 4.99 Å². The van der Waals surface area contributed by atoms with Gasteiger partial charge in [-0.3, -0.25) is 9.36 Å². The van der Waals surface area contributed by atoms with Crippen LogP contribution in [0.4, 0.5) is 10.2 Å². The normalized spacial score (nSPS) is 14.3. The molecule has 0 unspecified atom stereocenters. The predicted octanol–water partition coefficient (Wildman–Crippen LogP) is 2.30. The van der Waals surface area contributed by atoms with Gasteiger partial charge in [-0.2, -0.15) is 0 Å². The van der Waals surface area contributed by atoms with Crippen molar-refractivity contribution in [1.82, 2.24) is 14.0 Å². The largest absolute Gasteiger partial charge is 0.369 e. The van der Waals surface area contributed by atoms with Crippen LogP contribution in [0.1, 0.15) is 18.9 Å². The maximum absolute atomic E-state index is 14.4. The van der Waals surface area contributed by atoms with E-state index in [0.29, 0.717) is 0 Å². The number of hydrogen-bond acceptors (Lipinski definition) is 3. The Morgan fingerprint density at radius 2 is 2.00 bits per heavy atom. The van der Waals surface area contributed by atoms with Gasteiger partial charge in [0, 0.05) is 29.8 Å². The van der Waals surface area contributed by atoms with Gasteiger partial charge in [0.15, 0.2) is 0 Å². The summed E-state index contributed by atoms with van der Waals surface area (Å²) in [6, 6.07) is 5.74. The molecule has 0 aliphatic heterocycles. The molecule has 126 valence electrons. The Kier molecular flexibility index (Phi) is 4.57. The van der Waals surface area contributed by atoms with Crippen molar-refractivity contribution in [2.45, 2.75) is 18.9 Å². The van der Waals surface area contributed by atoms with Crippen molar-refractivity contribution in [3.8, 4) is 5.69 Å². The van der Waals surface area contributed by atoms with E-state index in [1.807, 2.05) is 22.6 Å². The second kappa shape index (κ2) is 6.50. The van der Waals surface area contributed by atoms with Gasteiger partial charge in [-0.15, -0.1) is 0 Å². The lowest BCUT2D eigenvalue weighted by atomic mass is 10.3. The second-order valence-electron chi connectivity index (χ2n) is 5.86. The third-order valence-corrected chi connectivity index (χ3v) is 4.27. The average molecular weight is 442 g/mol. The molecule has 8 heteroatoms. The van der Waals surface area contributed by atoms with Crippen molar-refractivity contribution in [3.05, 3.63) is 54.5 Å².